The van der Waals surface area contributed by atoms with Gasteiger partial charge in [0.15, 0.2) is 36.0 Å². The van der Waals surface area contributed by atoms with E-state index in [9.17, 15) is 9.90 Å². The van der Waals surface area contributed by atoms with Gasteiger partial charge < -0.3 is 52.2 Å². The van der Waals surface area contributed by atoms with Crippen LogP contribution in [0, 0.1) is 0 Å². The Kier molecular flexibility index (Phi) is 10.0. The van der Waals surface area contributed by atoms with E-state index in [4.69, 9.17) is 47.1 Å². The summed E-state index contributed by atoms with van der Waals surface area (Å²) in [5, 5.41) is 10.5. The highest BCUT2D eigenvalue weighted by Crippen LogP contribution is 2.43. The quantitative estimate of drug-likeness (QED) is 0.228. The summed E-state index contributed by atoms with van der Waals surface area (Å²) in [6.07, 6.45) is -4.37. The number of hydrogen-bond acceptors (Lipinski definition) is 12. The van der Waals surface area contributed by atoms with Crippen LogP contribution < -0.4 is 9.16 Å². The molecule has 13 heteroatoms. The lowest BCUT2D eigenvalue weighted by Crippen LogP contribution is -2.62. The van der Waals surface area contributed by atoms with Gasteiger partial charge in [-0.1, -0.05) is 26.8 Å². The van der Waals surface area contributed by atoms with Gasteiger partial charge in [0.25, 0.3) is 8.32 Å². The third kappa shape index (κ3) is 7.73. The Bertz CT molecular complexity index is 1320. The summed E-state index contributed by atoms with van der Waals surface area (Å²) in [5.74, 6) is -1.22. The first-order valence-corrected chi connectivity index (χ1v) is 19.2. The van der Waals surface area contributed by atoms with Crippen LogP contribution in [0.1, 0.15) is 67.9 Å². The molecule has 12 nitrogen and oxygen atoms in total. The summed E-state index contributed by atoms with van der Waals surface area (Å²) in [5.41, 5.74) is 0.746. The topological polar surface area (TPSA) is 130 Å². The highest BCUT2D eigenvalue weighted by atomic mass is 28.4. The number of carbonyl (C=O) groups is 1. The number of esters is 1. The Morgan fingerprint density at radius 3 is 2.06 bits per heavy atom. The van der Waals surface area contributed by atoms with Gasteiger partial charge in [-0.25, -0.2) is 4.79 Å². The van der Waals surface area contributed by atoms with Gasteiger partial charge in [0.2, 0.25) is 0 Å². The second-order valence-electron chi connectivity index (χ2n) is 15.2. The molecule has 4 aliphatic rings. The van der Waals surface area contributed by atoms with Crippen LogP contribution in [0.2, 0.25) is 18.1 Å². The average molecular weight is 681 g/mol. The van der Waals surface area contributed by atoms with Crippen molar-refractivity contribution in [3.8, 4) is 11.5 Å². The Morgan fingerprint density at radius 1 is 0.872 bits per heavy atom. The van der Waals surface area contributed by atoms with Gasteiger partial charge in [-0.3, -0.25) is 0 Å². The predicted octanol–water partition coefficient (Wildman–Crippen LogP) is 4.91. The normalized spacial score (nSPS) is 36.5. The first-order valence-electron chi connectivity index (χ1n) is 16.3. The molecule has 0 spiro atoms. The molecule has 4 fully saturated rings. The standard InChI is InChI=1S/C34H52O12Si/c1-18-25(26-28(30(36)38-18)44-33(6,7)42-26)41-31-29-27(43-34(8,9)45-29)24(19(2)39-31)40-23(35)16-14-20-13-15-21(22(17-20)37-10)46-47(11,12)32(3,4)5/h13-19,24-31,36H,1-12H3/b16-14+. The van der Waals surface area contributed by atoms with Crippen LogP contribution in [0.25, 0.3) is 6.08 Å². The van der Waals surface area contributed by atoms with Crippen molar-refractivity contribution < 1.29 is 57.0 Å². The average Bonchev–Trinajstić information content (AvgIpc) is 3.46. The van der Waals surface area contributed by atoms with E-state index >= 15 is 0 Å². The fourth-order valence-corrected chi connectivity index (χ4v) is 7.13. The van der Waals surface area contributed by atoms with E-state index in [1.807, 2.05) is 18.2 Å². The molecule has 5 rings (SSSR count). The smallest absolute Gasteiger partial charge is 0.331 e. The lowest BCUT2D eigenvalue weighted by molar-refractivity contribution is -0.328. The number of aliphatic hydroxyl groups excluding tert-OH is 1. The monoisotopic (exact) mass is 680 g/mol. The molecule has 4 saturated heterocycles. The third-order valence-corrected chi connectivity index (χ3v) is 13.8. The summed E-state index contributed by atoms with van der Waals surface area (Å²) in [7, 11) is -0.484. The molecule has 0 bridgehead atoms. The first-order chi connectivity index (χ1) is 21.7. The molecule has 47 heavy (non-hydrogen) atoms. The maximum atomic E-state index is 13.1. The van der Waals surface area contributed by atoms with E-state index < -0.39 is 87.3 Å². The zero-order chi connectivity index (χ0) is 34.7. The molecule has 0 radical (unpaired) electrons. The van der Waals surface area contributed by atoms with E-state index in [1.54, 1.807) is 54.7 Å². The Hall–Kier alpha value is -2.07. The molecular weight excluding hydrogens is 628 g/mol. The van der Waals surface area contributed by atoms with Crippen molar-refractivity contribution in [2.45, 2.75) is 153 Å². The highest BCUT2D eigenvalue weighted by molar-refractivity contribution is 6.74. The molecule has 4 heterocycles. The molecule has 264 valence electrons. The number of aliphatic hydroxyl groups is 1. The van der Waals surface area contributed by atoms with Crippen LogP contribution >= 0.6 is 0 Å². The first kappa shape index (κ1) is 36.2. The van der Waals surface area contributed by atoms with Crippen LogP contribution in [-0.2, 0) is 42.7 Å². The van der Waals surface area contributed by atoms with Crippen LogP contribution in [-0.4, -0.2) is 99.5 Å². The summed E-state index contributed by atoms with van der Waals surface area (Å²) >= 11 is 0. The number of ether oxygens (including phenoxy) is 9. The second-order valence-corrected chi connectivity index (χ2v) is 19.9. The minimum Gasteiger partial charge on any atom is -0.541 e. The number of fused-ring (bicyclic) bond motifs is 2. The Labute approximate surface area is 279 Å². The molecule has 1 aromatic carbocycles. The van der Waals surface area contributed by atoms with E-state index in [-0.39, 0.29) is 5.04 Å². The van der Waals surface area contributed by atoms with E-state index in [1.165, 1.54) is 6.08 Å². The van der Waals surface area contributed by atoms with Crippen LogP contribution in [0.5, 0.6) is 11.5 Å². The lowest BCUT2D eigenvalue weighted by atomic mass is 9.97. The van der Waals surface area contributed by atoms with Gasteiger partial charge in [0.05, 0.1) is 19.3 Å². The predicted molar refractivity (Wildman–Crippen MR) is 173 cm³/mol. The molecule has 0 amide bonds. The van der Waals surface area contributed by atoms with Crippen molar-refractivity contribution in [2.75, 3.05) is 7.11 Å². The summed E-state index contributed by atoms with van der Waals surface area (Å²) < 4.78 is 61.0. The van der Waals surface area contributed by atoms with E-state index in [0.29, 0.717) is 11.5 Å². The van der Waals surface area contributed by atoms with Gasteiger partial charge in [-0.2, -0.15) is 0 Å². The maximum Gasteiger partial charge on any atom is 0.331 e. The number of rotatable bonds is 8. The fraction of sp³-hybridized carbons (Fsp3) is 0.735. The largest absolute Gasteiger partial charge is 0.541 e. The number of carbonyl (C=O) groups excluding carboxylic acids is 1. The fourth-order valence-electron chi connectivity index (χ4n) is 6.10. The SMILES string of the molecule is COc1cc(/C=C/C(=O)OC2C(C)OC(OC3C(C)OC(O)C4OC(C)(C)OC34)C3OC(C)(C)OC23)ccc1O[Si](C)(C)C(C)(C)C. The van der Waals surface area contributed by atoms with Gasteiger partial charge in [-0.05, 0) is 83.4 Å². The molecule has 4 aliphatic heterocycles. The van der Waals surface area contributed by atoms with Gasteiger partial charge in [-0.15, -0.1) is 0 Å². The zero-order valence-corrected chi connectivity index (χ0v) is 30.6. The molecule has 10 atom stereocenters. The van der Waals surface area contributed by atoms with E-state index in [2.05, 4.69) is 33.9 Å². The molecule has 10 unspecified atom stereocenters. The summed E-state index contributed by atoms with van der Waals surface area (Å²) in [4.78, 5) is 13.1. The summed E-state index contributed by atoms with van der Waals surface area (Å²) in [6, 6.07) is 5.56. The van der Waals surface area contributed by atoms with Crippen molar-refractivity contribution >= 4 is 20.4 Å². The van der Waals surface area contributed by atoms with Crippen molar-refractivity contribution in [3.63, 3.8) is 0 Å². The Balaban J connectivity index is 1.27. The molecule has 1 N–H and O–H groups in total. The Morgan fingerprint density at radius 2 is 1.45 bits per heavy atom. The number of methoxy groups -OCH3 is 1. The number of benzene rings is 1. The minimum atomic E-state index is -2.08. The molecule has 0 aliphatic carbocycles. The lowest BCUT2D eigenvalue weighted by Gasteiger charge is -2.44. The summed E-state index contributed by atoms with van der Waals surface area (Å²) in [6.45, 7) is 21.6. The van der Waals surface area contributed by atoms with Crippen molar-refractivity contribution in [1.82, 2.24) is 0 Å². The van der Waals surface area contributed by atoms with Gasteiger partial charge >= 0.3 is 5.97 Å². The highest BCUT2D eigenvalue weighted by Gasteiger charge is 2.60. The third-order valence-electron chi connectivity index (χ3n) is 9.47. The van der Waals surface area contributed by atoms with Crippen molar-refractivity contribution in [3.05, 3.63) is 29.8 Å². The molecule has 1 aromatic rings. The van der Waals surface area contributed by atoms with Crippen molar-refractivity contribution in [2.24, 2.45) is 0 Å². The van der Waals surface area contributed by atoms with Crippen LogP contribution in [0.15, 0.2) is 24.3 Å². The molecule has 0 aromatic heterocycles. The second kappa shape index (κ2) is 13.0. The van der Waals surface area contributed by atoms with Crippen LogP contribution in [0.4, 0.5) is 0 Å². The van der Waals surface area contributed by atoms with Gasteiger partial charge in [0.1, 0.15) is 36.3 Å². The van der Waals surface area contributed by atoms with Crippen molar-refractivity contribution in [1.29, 1.82) is 0 Å². The zero-order valence-electron chi connectivity index (χ0n) is 29.6. The number of hydrogen-bond donors (Lipinski definition) is 1. The van der Waals surface area contributed by atoms with Crippen LogP contribution in [0.3, 0.4) is 0 Å². The maximum absolute atomic E-state index is 13.1. The molecular formula is C34H52O12Si. The minimum absolute atomic E-state index is 0.0284. The molecule has 0 saturated carbocycles. The van der Waals surface area contributed by atoms with Gasteiger partial charge in [0, 0.05) is 6.08 Å². The van der Waals surface area contributed by atoms with E-state index in [0.717, 1.165) is 5.56 Å².